The molecule has 2 amide bonds. The van der Waals surface area contributed by atoms with E-state index in [9.17, 15) is 9.59 Å². The van der Waals surface area contributed by atoms with Crippen molar-refractivity contribution in [3.05, 3.63) is 65.6 Å². The van der Waals surface area contributed by atoms with E-state index >= 15 is 0 Å². The summed E-state index contributed by atoms with van der Waals surface area (Å²) in [6.45, 7) is 1.85. The Balaban J connectivity index is 1.83. The third-order valence-electron chi connectivity index (χ3n) is 3.78. The molecule has 3 rings (SSSR count). The first-order chi connectivity index (χ1) is 12.0. The molecule has 3 aromatic rings. The minimum absolute atomic E-state index is 0.260. The second-order valence-corrected chi connectivity index (χ2v) is 5.57. The Morgan fingerprint density at radius 3 is 2.56 bits per heavy atom. The Morgan fingerprint density at radius 2 is 1.96 bits per heavy atom. The molecule has 0 saturated heterocycles. The van der Waals surface area contributed by atoms with Crippen LogP contribution in [0.15, 0.2) is 48.7 Å². The van der Waals surface area contributed by atoms with Gasteiger partial charge in [0.2, 0.25) is 0 Å². The standard InChI is InChI=1S/C17H18N6O2/c1-11-10-13(22-23(11)2)16(24)20-15(12-6-4-3-5-7-12)17(25)19-14-8-9-18-21-14/h3-10,15H,1-2H3,(H,20,24)(H2,18,19,21,25). The maximum atomic E-state index is 12.7. The normalized spacial score (nSPS) is 11.8. The predicted molar refractivity (Wildman–Crippen MR) is 91.8 cm³/mol. The molecule has 0 fully saturated rings. The minimum Gasteiger partial charge on any atom is -0.335 e. The smallest absolute Gasteiger partial charge is 0.272 e. The maximum Gasteiger partial charge on any atom is 0.272 e. The molecule has 0 bridgehead atoms. The molecular weight excluding hydrogens is 320 g/mol. The number of nitrogens with zero attached hydrogens (tertiary/aromatic N) is 3. The van der Waals surface area contributed by atoms with Crippen molar-refractivity contribution in [2.45, 2.75) is 13.0 Å². The molecule has 0 aliphatic rings. The van der Waals surface area contributed by atoms with E-state index in [1.165, 1.54) is 6.20 Å². The van der Waals surface area contributed by atoms with Crippen LogP contribution >= 0.6 is 0 Å². The number of benzene rings is 1. The number of aromatic amines is 1. The van der Waals surface area contributed by atoms with Gasteiger partial charge in [0.25, 0.3) is 11.8 Å². The fourth-order valence-corrected chi connectivity index (χ4v) is 2.35. The fraction of sp³-hybridized carbons (Fsp3) is 0.176. The van der Waals surface area contributed by atoms with Crippen molar-refractivity contribution in [2.75, 3.05) is 5.32 Å². The summed E-state index contributed by atoms with van der Waals surface area (Å²) in [5.41, 5.74) is 1.78. The highest BCUT2D eigenvalue weighted by molar-refractivity contribution is 6.00. The van der Waals surface area contributed by atoms with Crippen LogP contribution in [0, 0.1) is 6.92 Å². The van der Waals surface area contributed by atoms with Crippen LogP contribution in [-0.4, -0.2) is 31.8 Å². The van der Waals surface area contributed by atoms with Crippen LogP contribution in [-0.2, 0) is 11.8 Å². The van der Waals surface area contributed by atoms with E-state index in [0.717, 1.165) is 5.69 Å². The molecule has 1 unspecified atom stereocenters. The number of hydrogen-bond acceptors (Lipinski definition) is 4. The lowest BCUT2D eigenvalue weighted by molar-refractivity contribution is -0.118. The van der Waals surface area contributed by atoms with Crippen LogP contribution in [0.1, 0.15) is 27.8 Å². The molecule has 0 aliphatic heterocycles. The number of aryl methyl sites for hydroxylation is 2. The van der Waals surface area contributed by atoms with E-state index in [0.29, 0.717) is 11.4 Å². The first kappa shape index (κ1) is 16.4. The number of carbonyl (C=O) groups excluding carboxylic acids is 2. The van der Waals surface area contributed by atoms with Gasteiger partial charge in [-0.3, -0.25) is 19.4 Å². The molecule has 25 heavy (non-hydrogen) atoms. The lowest BCUT2D eigenvalue weighted by Gasteiger charge is -2.17. The average molecular weight is 338 g/mol. The van der Waals surface area contributed by atoms with Crippen molar-refractivity contribution in [3.8, 4) is 0 Å². The van der Waals surface area contributed by atoms with Gasteiger partial charge < -0.3 is 10.6 Å². The first-order valence-corrected chi connectivity index (χ1v) is 7.71. The molecule has 8 heteroatoms. The van der Waals surface area contributed by atoms with Gasteiger partial charge in [0.15, 0.2) is 0 Å². The molecule has 1 aromatic carbocycles. The van der Waals surface area contributed by atoms with Crippen LogP contribution in [0.4, 0.5) is 5.82 Å². The van der Waals surface area contributed by atoms with Crippen LogP contribution < -0.4 is 10.6 Å². The number of hydrogen-bond donors (Lipinski definition) is 3. The van der Waals surface area contributed by atoms with Gasteiger partial charge in [-0.15, -0.1) is 0 Å². The Labute approximate surface area is 144 Å². The third kappa shape index (κ3) is 3.74. The number of aromatic nitrogens is 4. The summed E-state index contributed by atoms with van der Waals surface area (Å²) >= 11 is 0. The number of anilines is 1. The van der Waals surface area contributed by atoms with E-state index in [1.807, 2.05) is 25.1 Å². The second kappa shape index (κ2) is 7.00. The topological polar surface area (TPSA) is 105 Å². The summed E-state index contributed by atoms with van der Waals surface area (Å²) in [4.78, 5) is 25.2. The van der Waals surface area contributed by atoms with E-state index in [4.69, 9.17) is 0 Å². The van der Waals surface area contributed by atoms with Gasteiger partial charge >= 0.3 is 0 Å². The zero-order valence-electron chi connectivity index (χ0n) is 13.9. The SMILES string of the molecule is Cc1cc(C(=O)NC(C(=O)Nc2ccn[nH]2)c2ccccc2)nn1C. The van der Waals surface area contributed by atoms with Gasteiger partial charge in [0, 0.05) is 18.8 Å². The number of amides is 2. The Kier molecular flexibility index (Phi) is 4.60. The zero-order chi connectivity index (χ0) is 17.8. The molecule has 0 radical (unpaired) electrons. The number of H-pyrrole nitrogens is 1. The van der Waals surface area contributed by atoms with E-state index < -0.39 is 11.9 Å². The molecule has 0 spiro atoms. The van der Waals surface area contributed by atoms with Crippen LogP contribution in [0.25, 0.3) is 0 Å². The maximum absolute atomic E-state index is 12.7. The first-order valence-electron chi connectivity index (χ1n) is 7.71. The lowest BCUT2D eigenvalue weighted by atomic mass is 10.1. The second-order valence-electron chi connectivity index (χ2n) is 5.57. The van der Waals surface area contributed by atoms with Crippen LogP contribution in [0.2, 0.25) is 0 Å². The Morgan fingerprint density at radius 1 is 1.20 bits per heavy atom. The minimum atomic E-state index is -0.862. The quantitative estimate of drug-likeness (QED) is 0.656. The van der Waals surface area contributed by atoms with Crippen LogP contribution in [0.5, 0.6) is 0 Å². The molecule has 0 aliphatic carbocycles. The molecule has 0 saturated carbocycles. The molecule has 3 N–H and O–H groups in total. The number of rotatable bonds is 5. The summed E-state index contributed by atoms with van der Waals surface area (Å²) < 4.78 is 1.61. The summed E-state index contributed by atoms with van der Waals surface area (Å²) in [5.74, 6) is -0.345. The van der Waals surface area contributed by atoms with Crippen molar-refractivity contribution in [1.82, 2.24) is 25.3 Å². The third-order valence-corrected chi connectivity index (χ3v) is 3.78. The van der Waals surface area contributed by atoms with Gasteiger partial charge in [-0.25, -0.2) is 0 Å². The van der Waals surface area contributed by atoms with E-state index in [1.54, 1.807) is 36.0 Å². The summed E-state index contributed by atoms with van der Waals surface area (Å²) in [6, 6.07) is 11.5. The zero-order valence-corrected chi connectivity index (χ0v) is 13.9. The highest BCUT2D eigenvalue weighted by atomic mass is 16.2. The lowest BCUT2D eigenvalue weighted by Crippen LogP contribution is -2.37. The summed E-state index contributed by atoms with van der Waals surface area (Å²) in [5, 5.41) is 16.0. The molecule has 8 nitrogen and oxygen atoms in total. The van der Waals surface area contributed by atoms with Gasteiger partial charge in [-0.05, 0) is 18.6 Å². The van der Waals surface area contributed by atoms with Crippen molar-refractivity contribution < 1.29 is 9.59 Å². The molecule has 1 atom stereocenters. The van der Waals surface area contributed by atoms with Gasteiger partial charge in [-0.1, -0.05) is 30.3 Å². The van der Waals surface area contributed by atoms with Gasteiger partial charge in [0.05, 0.1) is 6.20 Å². The van der Waals surface area contributed by atoms with E-state index in [2.05, 4.69) is 25.9 Å². The predicted octanol–water partition coefficient (Wildman–Crippen LogP) is 1.56. The average Bonchev–Trinajstić information content (AvgIpc) is 3.23. The Hall–Kier alpha value is -3.42. The molecular formula is C17H18N6O2. The molecule has 128 valence electrons. The van der Waals surface area contributed by atoms with Crippen LogP contribution in [0.3, 0.4) is 0 Å². The largest absolute Gasteiger partial charge is 0.335 e. The van der Waals surface area contributed by atoms with E-state index in [-0.39, 0.29) is 11.6 Å². The number of nitrogens with one attached hydrogen (secondary N) is 3. The highest BCUT2D eigenvalue weighted by Crippen LogP contribution is 2.16. The summed E-state index contributed by atoms with van der Waals surface area (Å²) in [6.07, 6.45) is 1.53. The molecule has 2 aromatic heterocycles. The van der Waals surface area contributed by atoms with Crippen molar-refractivity contribution >= 4 is 17.6 Å². The van der Waals surface area contributed by atoms with Gasteiger partial charge in [0.1, 0.15) is 17.6 Å². The monoisotopic (exact) mass is 338 g/mol. The van der Waals surface area contributed by atoms with Crippen molar-refractivity contribution in [2.24, 2.45) is 7.05 Å². The number of carbonyl (C=O) groups is 2. The van der Waals surface area contributed by atoms with Crippen molar-refractivity contribution in [1.29, 1.82) is 0 Å². The van der Waals surface area contributed by atoms with Crippen molar-refractivity contribution in [3.63, 3.8) is 0 Å². The molecule has 2 heterocycles. The fourth-order valence-electron chi connectivity index (χ4n) is 2.35. The highest BCUT2D eigenvalue weighted by Gasteiger charge is 2.24. The summed E-state index contributed by atoms with van der Waals surface area (Å²) in [7, 11) is 1.76. The van der Waals surface area contributed by atoms with Gasteiger partial charge in [-0.2, -0.15) is 10.2 Å². The Bertz CT molecular complexity index is 850.